The Morgan fingerprint density at radius 2 is 0.574 bits per heavy atom. The number of para-hydroxylation sites is 4. The van der Waals surface area contributed by atoms with E-state index in [1.807, 2.05) is 122 Å². The van der Waals surface area contributed by atoms with Crippen LogP contribution in [0, 0.1) is 0 Å². The summed E-state index contributed by atoms with van der Waals surface area (Å²) in [5.74, 6) is -0.452. The van der Waals surface area contributed by atoms with Crippen molar-refractivity contribution in [3.63, 3.8) is 0 Å². The second-order valence-corrected chi connectivity index (χ2v) is 24.1. The van der Waals surface area contributed by atoms with Crippen molar-refractivity contribution >= 4 is 100.0 Å². The summed E-state index contributed by atoms with van der Waals surface area (Å²) in [6.07, 6.45) is 9.99. The Kier molecular flexibility index (Phi) is 18.8. The predicted octanol–water partition coefficient (Wildman–Crippen LogP) is 20.2. The van der Waals surface area contributed by atoms with Gasteiger partial charge in [-0.2, -0.15) is 0 Å². The van der Waals surface area contributed by atoms with Gasteiger partial charge in [0.25, 0.3) is 0 Å². The maximum atomic E-state index is 11.9. The van der Waals surface area contributed by atoms with E-state index in [-0.39, 0.29) is 11.9 Å². The first kappa shape index (κ1) is 61.8. The molecular formula is C80H62Br2N8O4. The number of halogens is 2. The molecule has 0 spiro atoms. The number of esters is 2. The lowest BCUT2D eigenvalue weighted by atomic mass is 10.0. The van der Waals surface area contributed by atoms with Crippen LogP contribution in [-0.2, 0) is 31.9 Å². The molecule has 0 aliphatic heterocycles. The number of aryl methyl sites for hydroxylation is 2. The van der Waals surface area contributed by atoms with Crippen LogP contribution in [0.15, 0.2) is 301 Å². The van der Waals surface area contributed by atoms with E-state index in [1.165, 1.54) is 14.2 Å². The molecule has 0 radical (unpaired) electrons. The van der Waals surface area contributed by atoms with Gasteiger partial charge >= 0.3 is 11.9 Å². The molecule has 0 fully saturated rings. The van der Waals surface area contributed by atoms with Crippen LogP contribution >= 0.6 is 31.9 Å². The Labute approximate surface area is 562 Å². The van der Waals surface area contributed by atoms with Gasteiger partial charge < -0.3 is 28.4 Å². The number of methoxy groups -OCH3 is 2. The monoisotopic (exact) mass is 1360 g/mol. The Morgan fingerprint density at radius 3 is 0.840 bits per heavy atom. The maximum absolute atomic E-state index is 11.9. The average Bonchev–Trinajstić information content (AvgIpc) is 1.62. The zero-order valence-electron chi connectivity index (χ0n) is 51.5. The fourth-order valence-corrected chi connectivity index (χ4v) is 11.9. The van der Waals surface area contributed by atoms with Crippen molar-refractivity contribution in [2.75, 3.05) is 24.0 Å². The Balaban J connectivity index is 0.000000278. The van der Waals surface area contributed by atoms with Crippen LogP contribution in [0.2, 0.25) is 0 Å². The van der Waals surface area contributed by atoms with Gasteiger partial charge in [-0.1, -0.05) is 129 Å². The van der Waals surface area contributed by atoms with Gasteiger partial charge in [0.2, 0.25) is 0 Å². The second kappa shape index (κ2) is 28.6. The fraction of sp³-hybridized carbons (Fsp3) is 0.0750. The molecule has 0 saturated carbocycles. The number of carbonyl (C=O) groups is 2. The number of nitrogens with zero attached hydrogens (tertiary/aromatic N) is 8. The Bertz CT molecular complexity index is 4570. The van der Waals surface area contributed by atoms with E-state index in [1.54, 1.807) is 0 Å². The summed E-state index contributed by atoms with van der Waals surface area (Å²) >= 11 is 6.98. The van der Waals surface area contributed by atoms with Crippen molar-refractivity contribution < 1.29 is 19.1 Å². The number of aromatic nitrogens is 6. The van der Waals surface area contributed by atoms with E-state index in [0.29, 0.717) is 25.7 Å². The summed E-state index contributed by atoms with van der Waals surface area (Å²) in [6.45, 7) is 0. The summed E-state index contributed by atoms with van der Waals surface area (Å²) in [4.78, 5) is 48.6. The van der Waals surface area contributed by atoms with E-state index in [2.05, 4.69) is 221 Å². The van der Waals surface area contributed by atoms with Gasteiger partial charge in [0, 0.05) is 114 Å². The molecule has 0 N–H and O–H groups in total. The smallest absolute Gasteiger partial charge is 0.305 e. The van der Waals surface area contributed by atoms with Crippen molar-refractivity contribution in [3.8, 4) is 56.4 Å². The topological polar surface area (TPSA) is 120 Å². The number of fused-ring (bicyclic) bond motifs is 2. The maximum Gasteiger partial charge on any atom is 0.305 e. The minimum Gasteiger partial charge on any atom is -0.469 e. The summed E-state index contributed by atoms with van der Waals surface area (Å²) in [6, 6.07) is 91.0. The molecule has 12 nitrogen and oxygen atoms in total. The number of hydrogen-bond donors (Lipinski definition) is 0. The molecule has 94 heavy (non-hydrogen) atoms. The highest BCUT2D eigenvalue weighted by molar-refractivity contribution is 9.10. The predicted molar refractivity (Wildman–Crippen MR) is 385 cm³/mol. The van der Waals surface area contributed by atoms with E-state index in [9.17, 15) is 9.59 Å². The molecule has 0 saturated heterocycles. The standard InChI is InChI=1S/C60H50N6O4.C20H12Br2N2/c1-69-57(67)37-15-43-11-21-49(22-12-43)65(53-33-29-47(30-34-53)63-39-5-6-40-63)51-25-17-45(18-26-51)59-60(62-56-10-4-3-9-55(56)61-59)46-19-27-52(28-20-46)66(50-23-13-44(14-24-50)16-38-58(68)70-2)54-35-31-48(32-36-54)64-41-7-8-42-64;21-15-9-5-13(6-10-15)19-20(14-7-11-16(22)12-8-14)24-18-4-2-1-3-17(18)23-19/h3-14,17-36,39-42H,15-16,37-38H2,1-2H3;1-12H. The molecule has 10 aromatic carbocycles. The normalized spacial score (nSPS) is 11.0. The van der Waals surface area contributed by atoms with Gasteiger partial charge in [0.05, 0.1) is 59.1 Å². The number of rotatable bonds is 18. The molecule has 0 aliphatic rings. The minimum atomic E-state index is -0.226. The Morgan fingerprint density at radius 1 is 0.330 bits per heavy atom. The molecule has 0 bridgehead atoms. The summed E-state index contributed by atoms with van der Waals surface area (Å²) in [5.41, 5.74) is 20.8. The van der Waals surface area contributed by atoms with Crippen molar-refractivity contribution in [3.05, 3.63) is 312 Å². The highest BCUT2D eigenvalue weighted by Crippen LogP contribution is 2.41. The molecule has 4 aromatic heterocycles. The van der Waals surface area contributed by atoms with Gasteiger partial charge in [0.15, 0.2) is 0 Å². The highest BCUT2D eigenvalue weighted by atomic mass is 79.9. The van der Waals surface area contributed by atoms with Gasteiger partial charge in [0.1, 0.15) is 0 Å². The summed E-state index contributed by atoms with van der Waals surface area (Å²) in [5, 5.41) is 0. The molecule has 0 atom stereocenters. The zero-order chi connectivity index (χ0) is 64.3. The number of benzene rings is 10. The first-order chi connectivity index (χ1) is 46.1. The van der Waals surface area contributed by atoms with Crippen molar-refractivity contribution in [2.24, 2.45) is 0 Å². The number of anilines is 6. The second-order valence-electron chi connectivity index (χ2n) is 22.3. The van der Waals surface area contributed by atoms with Crippen LogP contribution in [0.4, 0.5) is 34.1 Å². The van der Waals surface area contributed by atoms with Gasteiger partial charge in [-0.05, 0) is 194 Å². The molecule has 0 aliphatic carbocycles. The molecule has 14 aromatic rings. The fourth-order valence-electron chi connectivity index (χ4n) is 11.3. The van der Waals surface area contributed by atoms with Crippen molar-refractivity contribution in [1.29, 1.82) is 0 Å². The van der Waals surface area contributed by atoms with Crippen LogP contribution in [0.25, 0.3) is 78.5 Å². The third kappa shape index (κ3) is 14.2. The van der Waals surface area contributed by atoms with Crippen LogP contribution in [0.3, 0.4) is 0 Å². The third-order valence-electron chi connectivity index (χ3n) is 16.3. The summed E-state index contributed by atoms with van der Waals surface area (Å²) in [7, 11) is 2.84. The largest absolute Gasteiger partial charge is 0.469 e. The molecule has 460 valence electrons. The lowest BCUT2D eigenvalue weighted by Crippen LogP contribution is -2.10. The number of hydrogen-bond acceptors (Lipinski definition) is 10. The molecular weight excluding hydrogens is 1300 g/mol. The first-order valence-electron chi connectivity index (χ1n) is 30.8. The minimum absolute atomic E-state index is 0.226. The number of carbonyl (C=O) groups excluding carboxylic acids is 2. The van der Waals surface area contributed by atoms with Gasteiger partial charge in [-0.3, -0.25) is 9.59 Å². The highest BCUT2D eigenvalue weighted by Gasteiger charge is 2.20. The van der Waals surface area contributed by atoms with Crippen LogP contribution < -0.4 is 9.80 Å². The van der Waals surface area contributed by atoms with Crippen molar-refractivity contribution in [2.45, 2.75) is 25.7 Å². The summed E-state index contributed by atoms with van der Waals surface area (Å²) < 4.78 is 16.0. The molecule has 14 heteroatoms. The molecule has 0 unspecified atom stereocenters. The van der Waals surface area contributed by atoms with E-state index >= 15 is 0 Å². The SMILES string of the molecule is Brc1ccc(-c2nc3ccccc3nc2-c2ccc(Br)cc2)cc1.COC(=O)CCc1ccc(N(c2ccc(-c3nc4ccccc4nc3-c3ccc(N(c4ccc(CCC(=O)OC)cc4)c4ccc(-n5cccc5)cc4)cc3)cc2)c2ccc(-n3cccc3)cc2)cc1. The lowest BCUT2D eigenvalue weighted by Gasteiger charge is -2.26. The van der Waals surface area contributed by atoms with E-state index < -0.39 is 0 Å². The molecule has 4 heterocycles. The first-order valence-corrected chi connectivity index (χ1v) is 32.3. The van der Waals surface area contributed by atoms with Gasteiger partial charge in [-0.25, -0.2) is 19.9 Å². The third-order valence-corrected chi connectivity index (χ3v) is 17.3. The van der Waals surface area contributed by atoms with Crippen LogP contribution in [0.1, 0.15) is 24.0 Å². The van der Waals surface area contributed by atoms with E-state index in [0.717, 1.165) is 133 Å². The van der Waals surface area contributed by atoms with Gasteiger partial charge in [-0.15, -0.1) is 0 Å². The van der Waals surface area contributed by atoms with Crippen molar-refractivity contribution in [1.82, 2.24) is 29.1 Å². The Hall–Kier alpha value is -11.1. The number of ether oxygens (including phenoxy) is 2. The average molecular weight is 1360 g/mol. The quantitative estimate of drug-likeness (QED) is 0.0768. The van der Waals surface area contributed by atoms with Crippen LogP contribution in [-0.4, -0.2) is 55.2 Å². The van der Waals surface area contributed by atoms with E-state index in [4.69, 9.17) is 29.4 Å². The lowest BCUT2D eigenvalue weighted by molar-refractivity contribution is -0.141. The molecule has 14 rings (SSSR count). The van der Waals surface area contributed by atoms with Crippen LogP contribution in [0.5, 0.6) is 0 Å². The molecule has 0 amide bonds. The zero-order valence-corrected chi connectivity index (χ0v) is 54.7.